The van der Waals surface area contributed by atoms with E-state index in [0.29, 0.717) is 0 Å². The summed E-state index contributed by atoms with van der Waals surface area (Å²) in [6, 6.07) is 0. The Morgan fingerprint density at radius 3 is 1.74 bits per heavy atom. The minimum absolute atomic E-state index is 0.0970. The molecule has 0 unspecified atom stereocenters. The van der Waals surface area contributed by atoms with E-state index in [-0.39, 0.29) is 12.0 Å². The highest BCUT2D eigenvalue weighted by molar-refractivity contribution is 5.48. The van der Waals surface area contributed by atoms with Gasteiger partial charge in [0, 0.05) is 6.54 Å². The van der Waals surface area contributed by atoms with Crippen LogP contribution in [0, 0.1) is 34.5 Å². The van der Waals surface area contributed by atoms with Gasteiger partial charge in [-0.1, -0.05) is 13.3 Å². The lowest BCUT2D eigenvalue weighted by Crippen LogP contribution is -2.36. The minimum Gasteiger partial charge on any atom is -0.380 e. The molecule has 0 aromatic heterocycles. The van der Waals surface area contributed by atoms with E-state index >= 15 is 0 Å². The summed E-state index contributed by atoms with van der Waals surface area (Å²) >= 11 is 0. The zero-order valence-electron chi connectivity index (χ0n) is 10.4. The molecule has 6 heteroatoms. The fourth-order valence-electron chi connectivity index (χ4n) is 2.37. The van der Waals surface area contributed by atoms with Gasteiger partial charge in [0.2, 0.25) is 5.82 Å². The molecule has 1 fully saturated rings. The van der Waals surface area contributed by atoms with Gasteiger partial charge < -0.3 is 5.32 Å². The molecule has 106 valence electrons. The molecule has 2 rings (SSSR count). The second kappa shape index (κ2) is 4.98. The van der Waals surface area contributed by atoms with Crippen LogP contribution < -0.4 is 5.32 Å². The average molecular weight is 279 g/mol. The van der Waals surface area contributed by atoms with Crippen LogP contribution in [-0.4, -0.2) is 6.54 Å². The molecular weight excluding hydrogens is 265 g/mol. The molecular formula is C13H14F5N. The van der Waals surface area contributed by atoms with Crippen LogP contribution in [0.1, 0.15) is 32.6 Å². The van der Waals surface area contributed by atoms with Gasteiger partial charge in [-0.25, -0.2) is 22.0 Å². The van der Waals surface area contributed by atoms with Gasteiger partial charge in [0.25, 0.3) is 0 Å². The smallest absolute Gasteiger partial charge is 0.200 e. The molecule has 0 spiro atoms. The van der Waals surface area contributed by atoms with Crippen molar-refractivity contribution < 1.29 is 22.0 Å². The first-order valence-corrected chi connectivity index (χ1v) is 6.17. The third-order valence-electron chi connectivity index (χ3n) is 4.01. The Morgan fingerprint density at radius 1 is 0.895 bits per heavy atom. The number of anilines is 1. The van der Waals surface area contributed by atoms with Crippen LogP contribution in [-0.2, 0) is 0 Å². The van der Waals surface area contributed by atoms with Crippen molar-refractivity contribution in [3.8, 4) is 0 Å². The summed E-state index contributed by atoms with van der Waals surface area (Å²) < 4.78 is 65.7. The highest BCUT2D eigenvalue weighted by atomic mass is 19.2. The molecule has 1 aliphatic rings. The number of benzene rings is 1. The summed E-state index contributed by atoms with van der Waals surface area (Å²) in [5.41, 5.74) is -1.03. The van der Waals surface area contributed by atoms with E-state index in [0.717, 1.165) is 25.7 Å². The predicted octanol–water partition coefficient (Wildman–Crippen LogP) is 4.37. The van der Waals surface area contributed by atoms with E-state index in [4.69, 9.17) is 0 Å². The van der Waals surface area contributed by atoms with Crippen LogP contribution >= 0.6 is 0 Å². The standard InChI is InChI=1S/C13H14F5N/c1-2-13(4-3-5-13)6-19-12-10(17)8(15)7(14)9(16)11(12)18/h19H,2-6H2,1H3. The second-order valence-electron chi connectivity index (χ2n) is 5.01. The van der Waals surface area contributed by atoms with E-state index in [1.807, 2.05) is 6.92 Å². The Morgan fingerprint density at radius 2 is 1.37 bits per heavy atom. The maximum Gasteiger partial charge on any atom is 0.200 e. The highest BCUT2D eigenvalue weighted by Gasteiger charge is 2.36. The van der Waals surface area contributed by atoms with Crippen LogP contribution in [0.15, 0.2) is 0 Å². The fraction of sp³-hybridized carbons (Fsp3) is 0.538. The van der Waals surface area contributed by atoms with Gasteiger partial charge in [-0.15, -0.1) is 0 Å². The molecule has 0 atom stereocenters. The second-order valence-corrected chi connectivity index (χ2v) is 5.01. The van der Waals surface area contributed by atoms with Gasteiger partial charge >= 0.3 is 0 Å². The zero-order chi connectivity index (χ0) is 14.2. The van der Waals surface area contributed by atoms with Crippen molar-refractivity contribution in [3.05, 3.63) is 29.1 Å². The van der Waals surface area contributed by atoms with Gasteiger partial charge in [0.1, 0.15) is 5.69 Å². The normalized spacial score (nSPS) is 17.2. The lowest BCUT2D eigenvalue weighted by molar-refractivity contribution is 0.144. The number of rotatable bonds is 4. The zero-order valence-corrected chi connectivity index (χ0v) is 10.4. The van der Waals surface area contributed by atoms with Gasteiger partial charge in [0.05, 0.1) is 0 Å². The average Bonchev–Trinajstić information content (AvgIpc) is 2.36. The SMILES string of the molecule is CCC1(CNc2c(F)c(F)c(F)c(F)c2F)CCC1. The van der Waals surface area contributed by atoms with E-state index in [2.05, 4.69) is 5.32 Å². The Hall–Kier alpha value is -1.33. The molecule has 0 bridgehead atoms. The van der Waals surface area contributed by atoms with E-state index in [1.165, 1.54) is 0 Å². The van der Waals surface area contributed by atoms with E-state index in [9.17, 15) is 22.0 Å². The van der Waals surface area contributed by atoms with Crippen molar-refractivity contribution in [1.29, 1.82) is 0 Å². The minimum atomic E-state index is -2.13. The summed E-state index contributed by atoms with van der Waals surface area (Å²) in [7, 11) is 0. The third-order valence-corrected chi connectivity index (χ3v) is 4.01. The van der Waals surface area contributed by atoms with Crippen molar-refractivity contribution in [2.24, 2.45) is 5.41 Å². The van der Waals surface area contributed by atoms with Crippen molar-refractivity contribution in [2.75, 3.05) is 11.9 Å². The van der Waals surface area contributed by atoms with E-state index < -0.39 is 34.8 Å². The van der Waals surface area contributed by atoms with Crippen molar-refractivity contribution in [2.45, 2.75) is 32.6 Å². The predicted molar refractivity (Wildman–Crippen MR) is 61.3 cm³/mol. The number of hydrogen-bond acceptors (Lipinski definition) is 1. The summed E-state index contributed by atoms with van der Waals surface area (Å²) in [4.78, 5) is 0. The molecule has 0 amide bonds. The van der Waals surface area contributed by atoms with Gasteiger partial charge in [-0.3, -0.25) is 0 Å². The molecule has 1 aromatic rings. The molecule has 1 aliphatic carbocycles. The molecule has 1 aromatic carbocycles. The topological polar surface area (TPSA) is 12.0 Å². The van der Waals surface area contributed by atoms with Gasteiger partial charge in [-0.05, 0) is 24.7 Å². The molecule has 1 N–H and O–H groups in total. The molecule has 19 heavy (non-hydrogen) atoms. The molecule has 1 saturated carbocycles. The lowest BCUT2D eigenvalue weighted by atomic mass is 9.67. The molecule has 0 saturated heterocycles. The van der Waals surface area contributed by atoms with Crippen LogP contribution in [0.25, 0.3) is 0 Å². The van der Waals surface area contributed by atoms with Crippen LogP contribution in [0.2, 0.25) is 0 Å². The van der Waals surface area contributed by atoms with E-state index in [1.54, 1.807) is 0 Å². The lowest BCUT2D eigenvalue weighted by Gasteiger charge is -2.41. The molecule has 0 heterocycles. The van der Waals surface area contributed by atoms with Gasteiger partial charge in [0.15, 0.2) is 23.3 Å². The highest BCUT2D eigenvalue weighted by Crippen LogP contribution is 2.44. The van der Waals surface area contributed by atoms with Crippen molar-refractivity contribution >= 4 is 5.69 Å². The van der Waals surface area contributed by atoms with Crippen LogP contribution in [0.4, 0.5) is 27.6 Å². The molecule has 0 radical (unpaired) electrons. The summed E-state index contributed by atoms with van der Waals surface area (Å²) in [5, 5.41) is 2.39. The van der Waals surface area contributed by atoms with Crippen molar-refractivity contribution in [1.82, 2.24) is 0 Å². The Kier molecular flexibility index (Phi) is 3.69. The first kappa shape index (κ1) is 14.1. The van der Waals surface area contributed by atoms with Gasteiger partial charge in [-0.2, -0.15) is 0 Å². The Balaban J connectivity index is 2.25. The number of hydrogen-bond donors (Lipinski definition) is 1. The molecule has 0 aliphatic heterocycles. The molecule has 1 nitrogen and oxygen atoms in total. The first-order chi connectivity index (χ1) is 8.92. The summed E-state index contributed by atoms with van der Waals surface area (Å²) in [5.74, 6) is -9.57. The maximum atomic E-state index is 13.4. The van der Waals surface area contributed by atoms with Crippen LogP contribution in [0.5, 0.6) is 0 Å². The maximum absolute atomic E-state index is 13.4. The monoisotopic (exact) mass is 279 g/mol. The number of halogens is 5. The summed E-state index contributed by atoms with van der Waals surface area (Å²) in [6.07, 6.45) is 3.61. The first-order valence-electron chi connectivity index (χ1n) is 6.17. The largest absolute Gasteiger partial charge is 0.380 e. The van der Waals surface area contributed by atoms with Crippen molar-refractivity contribution in [3.63, 3.8) is 0 Å². The quantitative estimate of drug-likeness (QED) is 0.490. The Bertz CT molecular complexity index is 462. The third kappa shape index (κ3) is 2.28. The Labute approximate surface area is 107 Å². The van der Waals surface area contributed by atoms with Crippen LogP contribution in [0.3, 0.4) is 0 Å². The summed E-state index contributed by atoms with van der Waals surface area (Å²) in [6.45, 7) is 2.15. The fourth-order valence-corrected chi connectivity index (χ4v) is 2.37. The number of nitrogens with one attached hydrogen (secondary N) is 1.